The molecule has 0 saturated carbocycles. The van der Waals surface area contributed by atoms with Crippen molar-refractivity contribution in [2.45, 2.75) is 0 Å². The Morgan fingerprint density at radius 3 is 2.57 bits per heavy atom. The second-order valence-corrected chi connectivity index (χ2v) is 4.55. The van der Waals surface area contributed by atoms with E-state index in [9.17, 15) is 15.4 Å². The molecule has 2 rings (SSSR count). The number of nitro benzene ring substituents is 1. The van der Waals surface area contributed by atoms with E-state index in [0.717, 1.165) is 0 Å². The van der Waals surface area contributed by atoms with Gasteiger partial charge in [0.1, 0.15) is 17.6 Å². The summed E-state index contributed by atoms with van der Waals surface area (Å²) in [6.07, 6.45) is 1.56. The van der Waals surface area contributed by atoms with E-state index in [1.807, 2.05) is 6.07 Å². The Labute approximate surface area is 133 Å². The summed E-state index contributed by atoms with van der Waals surface area (Å²) in [6.45, 7) is 0. The number of methoxy groups -OCH3 is 2. The monoisotopic (exact) mass is 310 g/mol. The van der Waals surface area contributed by atoms with Crippen molar-refractivity contribution in [3.63, 3.8) is 0 Å². The maximum absolute atomic E-state index is 11.1. The van der Waals surface area contributed by atoms with Crippen molar-refractivity contribution < 1.29 is 14.4 Å². The second kappa shape index (κ2) is 7.09. The average Bonchev–Trinajstić information content (AvgIpc) is 2.59. The van der Waals surface area contributed by atoms with Gasteiger partial charge in [-0.25, -0.2) is 0 Å². The summed E-state index contributed by atoms with van der Waals surface area (Å²) >= 11 is 0. The Kier molecular flexibility index (Phi) is 4.95. The summed E-state index contributed by atoms with van der Waals surface area (Å²) < 4.78 is 10.4. The normalized spacial score (nSPS) is 10.7. The highest BCUT2D eigenvalue weighted by Gasteiger charge is 2.16. The largest absolute Gasteiger partial charge is 0.497 e. The Balaban J connectivity index is 2.57. The fourth-order valence-electron chi connectivity index (χ4n) is 2.12. The van der Waals surface area contributed by atoms with Crippen LogP contribution in [0.1, 0.15) is 11.1 Å². The van der Waals surface area contributed by atoms with E-state index in [1.54, 1.807) is 49.6 Å². The SMILES string of the molecule is COc1ccc(/C=C(/C#N)c2ccccc2[N+](=O)[O-])c(OC)c1. The molecule has 0 fully saturated rings. The van der Waals surface area contributed by atoms with Crippen molar-refractivity contribution in [3.8, 4) is 17.6 Å². The molecule has 0 aliphatic rings. The summed E-state index contributed by atoms with van der Waals surface area (Å²) in [6, 6.07) is 13.3. The van der Waals surface area contributed by atoms with Crippen molar-refractivity contribution in [2.24, 2.45) is 0 Å². The molecule has 0 spiro atoms. The van der Waals surface area contributed by atoms with Crippen molar-refractivity contribution in [3.05, 3.63) is 63.7 Å². The van der Waals surface area contributed by atoms with Crippen molar-refractivity contribution >= 4 is 17.3 Å². The predicted octanol–water partition coefficient (Wildman–Crippen LogP) is 3.68. The van der Waals surface area contributed by atoms with Gasteiger partial charge in [-0.05, 0) is 24.3 Å². The van der Waals surface area contributed by atoms with E-state index >= 15 is 0 Å². The number of nitriles is 1. The average molecular weight is 310 g/mol. The molecular formula is C17H14N2O4. The van der Waals surface area contributed by atoms with Crippen LogP contribution in [0.15, 0.2) is 42.5 Å². The van der Waals surface area contributed by atoms with Crippen molar-refractivity contribution in [1.82, 2.24) is 0 Å². The summed E-state index contributed by atoms with van der Waals surface area (Å²) in [4.78, 5) is 10.6. The first-order valence-electron chi connectivity index (χ1n) is 6.68. The highest BCUT2D eigenvalue weighted by molar-refractivity contribution is 5.93. The molecule has 0 atom stereocenters. The molecule has 0 aliphatic heterocycles. The van der Waals surface area contributed by atoms with Crippen molar-refractivity contribution in [2.75, 3.05) is 14.2 Å². The van der Waals surface area contributed by atoms with E-state index in [-0.39, 0.29) is 16.8 Å². The number of para-hydroxylation sites is 1. The zero-order valence-corrected chi connectivity index (χ0v) is 12.6. The van der Waals surface area contributed by atoms with E-state index in [2.05, 4.69) is 0 Å². The van der Waals surface area contributed by atoms with E-state index < -0.39 is 4.92 Å². The third-order valence-corrected chi connectivity index (χ3v) is 3.25. The number of nitro groups is 1. The maximum atomic E-state index is 11.1. The van der Waals surface area contributed by atoms with Gasteiger partial charge in [0.25, 0.3) is 5.69 Å². The lowest BCUT2D eigenvalue weighted by molar-refractivity contribution is -0.385. The van der Waals surface area contributed by atoms with Crippen molar-refractivity contribution in [1.29, 1.82) is 5.26 Å². The molecule has 0 amide bonds. The number of allylic oxidation sites excluding steroid dienone is 1. The Hall–Kier alpha value is -3.33. The maximum Gasteiger partial charge on any atom is 0.277 e. The van der Waals surface area contributed by atoms with Crippen LogP contribution < -0.4 is 9.47 Å². The highest BCUT2D eigenvalue weighted by atomic mass is 16.6. The van der Waals surface area contributed by atoms with Crippen LogP contribution in [0, 0.1) is 21.4 Å². The summed E-state index contributed by atoms with van der Waals surface area (Å²) in [7, 11) is 3.04. The van der Waals surface area contributed by atoms with Crippen LogP contribution in [-0.2, 0) is 0 Å². The standard InChI is InChI=1S/C17H14N2O4/c1-22-14-8-7-12(17(10-14)23-2)9-13(11-18)15-5-3-4-6-16(15)19(20)21/h3-10H,1-2H3/b13-9-. The van der Waals surface area contributed by atoms with Crippen LogP contribution in [0.3, 0.4) is 0 Å². The Morgan fingerprint density at radius 1 is 1.22 bits per heavy atom. The molecular weight excluding hydrogens is 296 g/mol. The minimum atomic E-state index is -0.508. The van der Waals surface area contributed by atoms with Gasteiger partial charge in [-0.1, -0.05) is 12.1 Å². The fourth-order valence-corrected chi connectivity index (χ4v) is 2.12. The van der Waals surface area contributed by atoms with Gasteiger partial charge in [0, 0.05) is 17.7 Å². The molecule has 23 heavy (non-hydrogen) atoms. The van der Waals surface area contributed by atoms with Gasteiger partial charge in [0.15, 0.2) is 0 Å². The van der Waals surface area contributed by atoms with Crippen LogP contribution in [0.25, 0.3) is 11.6 Å². The highest BCUT2D eigenvalue weighted by Crippen LogP contribution is 2.31. The molecule has 0 aromatic heterocycles. The molecule has 2 aromatic carbocycles. The summed E-state index contributed by atoms with van der Waals surface area (Å²) in [5, 5.41) is 20.5. The fraction of sp³-hybridized carbons (Fsp3) is 0.118. The minimum Gasteiger partial charge on any atom is -0.497 e. The van der Waals surface area contributed by atoms with Gasteiger partial charge in [0.2, 0.25) is 0 Å². The quantitative estimate of drug-likeness (QED) is 0.364. The number of hydrogen-bond donors (Lipinski definition) is 0. The van der Waals surface area contributed by atoms with Gasteiger partial charge in [-0.3, -0.25) is 10.1 Å². The molecule has 6 heteroatoms. The summed E-state index contributed by atoms with van der Waals surface area (Å²) in [5.74, 6) is 1.12. The topological polar surface area (TPSA) is 85.4 Å². The zero-order chi connectivity index (χ0) is 16.8. The zero-order valence-electron chi connectivity index (χ0n) is 12.6. The first-order valence-corrected chi connectivity index (χ1v) is 6.68. The molecule has 2 aromatic rings. The van der Waals surface area contributed by atoms with Gasteiger partial charge in [-0.15, -0.1) is 0 Å². The molecule has 0 heterocycles. The first kappa shape index (κ1) is 16.0. The predicted molar refractivity (Wildman–Crippen MR) is 86.1 cm³/mol. The van der Waals surface area contributed by atoms with Gasteiger partial charge in [0.05, 0.1) is 30.3 Å². The number of benzene rings is 2. The van der Waals surface area contributed by atoms with Crippen LogP contribution >= 0.6 is 0 Å². The molecule has 0 bridgehead atoms. The molecule has 0 N–H and O–H groups in total. The van der Waals surface area contributed by atoms with Crippen LogP contribution in [-0.4, -0.2) is 19.1 Å². The lowest BCUT2D eigenvalue weighted by Crippen LogP contribution is -1.94. The molecule has 0 radical (unpaired) electrons. The second-order valence-electron chi connectivity index (χ2n) is 4.55. The third-order valence-electron chi connectivity index (χ3n) is 3.25. The Bertz CT molecular complexity index is 806. The Morgan fingerprint density at radius 2 is 1.96 bits per heavy atom. The van der Waals surface area contributed by atoms with Crippen LogP contribution in [0.4, 0.5) is 5.69 Å². The molecule has 0 aliphatic carbocycles. The van der Waals surface area contributed by atoms with Crippen LogP contribution in [0.5, 0.6) is 11.5 Å². The van der Waals surface area contributed by atoms with Gasteiger partial charge < -0.3 is 9.47 Å². The number of nitrogens with zero attached hydrogens (tertiary/aromatic N) is 2. The molecule has 0 saturated heterocycles. The lowest BCUT2D eigenvalue weighted by Gasteiger charge is -2.08. The number of ether oxygens (including phenoxy) is 2. The molecule has 6 nitrogen and oxygen atoms in total. The number of rotatable bonds is 5. The van der Waals surface area contributed by atoms with Crippen LogP contribution in [0.2, 0.25) is 0 Å². The number of hydrogen-bond acceptors (Lipinski definition) is 5. The first-order chi connectivity index (χ1) is 11.1. The molecule has 0 unspecified atom stereocenters. The molecule has 116 valence electrons. The third kappa shape index (κ3) is 3.47. The van der Waals surface area contributed by atoms with Gasteiger partial charge in [-0.2, -0.15) is 5.26 Å². The van der Waals surface area contributed by atoms with E-state index in [0.29, 0.717) is 17.1 Å². The lowest BCUT2D eigenvalue weighted by atomic mass is 10.0. The van der Waals surface area contributed by atoms with E-state index in [4.69, 9.17) is 9.47 Å². The summed E-state index contributed by atoms with van der Waals surface area (Å²) in [5.41, 5.74) is 0.953. The van der Waals surface area contributed by atoms with E-state index in [1.165, 1.54) is 13.2 Å². The van der Waals surface area contributed by atoms with Gasteiger partial charge >= 0.3 is 0 Å². The smallest absolute Gasteiger partial charge is 0.277 e. The minimum absolute atomic E-state index is 0.118.